The fourth-order valence-electron chi connectivity index (χ4n) is 8.71. The third-order valence-corrected chi connectivity index (χ3v) is 10.8. The van der Waals surface area contributed by atoms with Gasteiger partial charge in [-0.1, -0.05) is 96.7 Å². The van der Waals surface area contributed by atoms with Crippen molar-refractivity contribution in [2.75, 3.05) is 19.2 Å². The average Bonchev–Trinajstić information content (AvgIpc) is 3.80. The SMILES string of the molecule is [Ir].[c-]1cccc2c1-c1ncccc1B1N(c3ccccc3)c3ccccc3N12.c1ccc(N2B3c4cccnc4-c4ccccc4N3c3ccccc32)cc1. The minimum Gasteiger partial charge on any atom is -0.402 e. The van der Waals surface area contributed by atoms with Crippen molar-refractivity contribution in [1.29, 1.82) is 0 Å². The van der Waals surface area contributed by atoms with Gasteiger partial charge in [0.05, 0.1) is 22.8 Å². The van der Waals surface area contributed by atoms with Crippen LogP contribution in [0.2, 0.25) is 0 Å². The number of anilines is 8. The maximum absolute atomic E-state index is 4.76. The fraction of sp³-hybridized carbons (Fsp3) is 0. The molecule has 1 radical (unpaired) electrons. The quantitative estimate of drug-likeness (QED) is 0.127. The molecule has 9 heteroatoms. The van der Waals surface area contributed by atoms with E-state index in [0.717, 1.165) is 22.6 Å². The van der Waals surface area contributed by atoms with E-state index in [0.29, 0.717) is 0 Å². The summed E-state index contributed by atoms with van der Waals surface area (Å²) in [6.45, 7) is 0.0974. The zero-order valence-electron chi connectivity index (χ0n) is 29.6. The van der Waals surface area contributed by atoms with Crippen molar-refractivity contribution in [2.45, 2.75) is 0 Å². The van der Waals surface area contributed by atoms with Crippen molar-refractivity contribution in [2.24, 2.45) is 0 Å². The molecule has 4 aliphatic heterocycles. The molecule has 2 aromatic heterocycles. The molecule has 8 aromatic rings. The summed E-state index contributed by atoms with van der Waals surface area (Å²) in [5.41, 5.74) is 16.4. The van der Waals surface area contributed by atoms with Gasteiger partial charge >= 0.3 is 14.0 Å². The first-order chi connectivity index (χ1) is 26.9. The summed E-state index contributed by atoms with van der Waals surface area (Å²) < 4.78 is 0. The molecule has 55 heavy (non-hydrogen) atoms. The van der Waals surface area contributed by atoms with E-state index in [2.05, 4.69) is 183 Å². The van der Waals surface area contributed by atoms with Gasteiger partial charge in [-0.25, -0.2) is 0 Å². The molecule has 0 fully saturated rings. The summed E-state index contributed by atoms with van der Waals surface area (Å²) >= 11 is 0. The molecule has 0 atom stereocenters. The maximum Gasteiger partial charge on any atom is 0.423 e. The standard InChI is InChI=1S/C23H16BN3.C23H15BN3.Ir/c2*1-2-9-17(10-3-1)26-21-14-6-7-15-22(21)27-20-13-5-4-11-18(20)23-19(24(26)27)12-8-16-25-23;/h1-16H;1-10,12-16H;/q;-1;. The van der Waals surface area contributed by atoms with Gasteiger partial charge in [0.1, 0.15) is 0 Å². The van der Waals surface area contributed by atoms with Crippen molar-refractivity contribution >= 4 is 70.4 Å². The molecular weight excluding hydrogens is 850 g/mol. The first-order valence-corrected chi connectivity index (χ1v) is 18.3. The predicted octanol–water partition coefficient (Wildman–Crippen LogP) is 9.29. The Morgan fingerprint density at radius 1 is 0.382 bits per heavy atom. The Morgan fingerprint density at radius 3 is 1.40 bits per heavy atom. The Morgan fingerprint density at radius 2 is 0.818 bits per heavy atom. The molecule has 0 saturated heterocycles. The normalized spacial score (nSPS) is 13.5. The van der Waals surface area contributed by atoms with Crippen LogP contribution in [0.3, 0.4) is 0 Å². The minimum absolute atomic E-state index is 0. The van der Waals surface area contributed by atoms with Crippen molar-refractivity contribution in [1.82, 2.24) is 9.97 Å². The maximum atomic E-state index is 4.76. The molecule has 6 nitrogen and oxygen atoms in total. The van der Waals surface area contributed by atoms with Gasteiger partial charge < -0.3 is 24.2 Å². The monoisotopic (exact) mass is 882 g/mol. The molecule has 0 spiro atoms. The molecule has 0 unspecified atom stereocenters. The number of aromatic nitrogens is 2. The van der Waals surface area contributed by atoms with Gasteiger partial charge in [0, 0.05) is 60.8 Å². The third-order valence-electron chi connectivity index (χ3n) is 10.8. The zero-order valence-corrected chi connectivity index (χ0v) is 32.0. The minimum atomic E-state index is 0. The van der Waals surface area contributed by atoms with E-state index in [1.807, 2.05) is 30.6 Å². The molecule has 4 aliphatic rings. The Labute approximate surface area is 335 Å². The van der Waals surface area contributed by atoms with E-state index < -0.39 is 0 Å². The Hall–Kier alpha value is -6.40. The van der Waals surface area contributed by atoms with Gasteiger partial charge in [-0.3, -0.25) is 4.98 Å². The largest absolute Gasteiger partial charge is 0.423 e. The Kier molecular flexibility index (Phi) is 8.13. The number of pyridine rings is 2. The molecule has 6 aromatic carbocycles. The average molecular weight is 882 g/mol. The van der Waals surface area contributed by atoms with Gasteiger partial charge in [-0.15, -0.1) is 29.8 Å². The van der Waals surface area contributed by atoms with E-state index in [-0.39, 0.29) is 34.1 Å². The molecule has 0 N–H and O–H groups in total. The first kappa shape index (κ1) is 33.2. The van der Waals surface area contributed by atoms with Crippen LogP contribution in [0, 0.1) is 6.07 Å². The number of rotatable bonds is 2. The zero-order chi connectivity index (χ0) is 35.6. The second-order valence-corrected chi connectivity index (χ2v) is 13.7. The van der Waals surface area contributed by atoms with Crippen LogP contribution < -0.4 is 30.2 Å². The second kappa shape index (κ2) is 13.5. The number of benzene rings is 6. The van der Waals surface area contributed by atoms with Gasteiger partial charge in [0.15, 0.2) is 0 Å². The van der Waals surface area contributed by atoms with E-state index in [1.165, 1.54) is 56.3 Å². The third kappa shape index (κ3) is 5.08. The van der Waals surface area contributed by atoms with Crippen LogP contribution in [0.25, 0.3) is 22.5 Å². The van der Waals surface area contributed by atoms with Crippen LogP contribution in [0.5, 0.6) is 0 Å². The molecule has 6 heterocycles. The molecule has 261 valence electrons. The predicted molar refractivity (Wildman–Crippen MR) is 223 cm³/mol. The van der Waals surface area contributed by atoms with Crippen molar-refractivity contribution in [3.8, 4) is 22.5 Å². The summed E-state index contributed by atoms with van der Waals surface area (Å²) in [7, 11) is 0. The summed E-state index contributed by atoms with van der Waals surface area (Å²) in [6, 6.07) is 65.1. The number of hydrogen-bond donors (Lipinski definition) is 0. The van der Waals surface area contributed by atoms with E-state index >= 15 is 0 Å². The summed E-state index contributed by atoms with van der Waals surface area (Å²) in [6.07, 6.45) is 3.76. The number of hydrogen-bond acceptors (Lipinski definition) is 6. The van der Waals surface area contributed by atoms with Crippen molar-refractivity contribution < 1.29 is 20.1 Å². The summed E-state index contributed by atoms with van der Waals surface area (Å²) in [5.74, 6) is 0. The van der Waals surface area contributed by atoms with Gasteiger partial charge in [-0.2, -0.15) is 0 Å². The molecular formula is C46H31B2IrN6-. The van der Waals surface area contributed by atoms with E-state index in [4.69, 9.17) is 9.97 Å². The second-order valence-electron chi connectivity index (χ2n) is 13.7. The van der Waals surface area contributed by atoms with Crippen LogP contribution in [-0.4, -0.2) is 23.9 Å². The Balaban J connectivity index is 0.000000133. The van der Waals surface area contributed by atoms with Gasteiger partial charge in [-0.05, 0) is 83.3 Å². The first-order valence-electron chi connectivity index (χ1n) is 18.3. The van der Waals surface area contributed by atoms with Gasteiger partial charge in [0.25, 0.3) is 0 Å². The number of nitrogens with zero attached hydrogens (tertiary/aromatic N) is 6. The van der Waals surface area contributed by atoms with E-state index in [1.54, 1.807) is 0 Å². The molecule has 12 rings (SSSR count). The smallest absolute Gasteiger partial charge is 0.402 e. The molecule has 0 amide bonds. The van der Waals surface area contributed by atoms with Crippen LogP contribution in [0.4, 0.5) is 45.5 Å². The van der Waals surface area contributed by atoms with Crippen molar-refractivity contribution in [3.05, 3.63) is 194 Å². The molecule has 0 bridgehead atoms. The fourth-order valence-corrected chi connectivity index (χ4v) is 8.71. The number of para-hydroxylation sites is 7. The van der Waals surface area contributed by atoms with Crippen LogP contribution >= 0.6 is 0 Å². The van der Waals surface area contributed by atoms with Crippen LogP contribution in [0.15, 0.2) is 188 Å². The Bertz CT molecular complexity index is 2460. The van der Waals surface area contributed by atoms with Gasteiger partial charge in [0.2, 0.25) is 0 Å². The molecule has 0 saturated carbocycles. The van der Waals surface area contributed by atoms with Crippen LogP contribution in [0.1, 0.15) is 0 Å². The van der Waals surface area contributed by atoms with Crippen molar-refractivity contribution in [3.63, 3.8) is 0 Å². The summed E-state index contributed by atoms with van der Waals surface area (Å²) in [4.78, 5) is 19.2. The number of fused-ring (bicyclic) bond motifs is 16. The van der Waals surface area contributed by atoms with Crippen LogP contribution in [-0.2, 0) is 20.1 Å². The summed E-state index contributed by atoms with van der Waals surface area (Å²) in [5, 5.41) is 0. The molecule has 0 aliphatic carbocycles. The van der Waals surface area contributed by atoms with E-state index in [9.17, 15) is 0 Å². The topological polar surface area (TPSA) is 38.7 Å².